The average Bonchev–Trinajstić information content (AvgIpc) is 2.30. The van der Waals surface area contributed by atoms with Gasteiger partial charge in [0.1, 0.15) is 0 Å². The Labute approximate surface area is 95.3 Å². The van der Waals surface area contributed by atoms with E-state index in [0.29, 0.717) is 0 Å². The molecule has 0 amide bonds. The molecular weight excluding hydrogens is 198 g/mol. The molecular formula is C13H15N3. The number of nitrogens with one attached hydrogen (secondary N) is 1. The summed E-state index contributed by atoms with van der Waals surface area (Å²) >= 11 is 0. The van der Waals surface area contributed by atoms with Crippen molar-refractivity contribution in [2.45, 2.75) is 13.5 Å². The standard InChI is InChI=1S/C13H15N3/c1-10-8-15-7-6-13(10)16-9-11-2-4-12(14)5-3-11/h2-8H,9,14H2,1H3,(H,15,16). The average molecular weight is 213 g/mol. The highest BCUT2D eigenvalue weighted by molar-refractivity contribution is 5.49. The van der Waals surface area contributed by atoms with Gasteiger partial charge in [-0.05, 0) is 36.2 Å². The fourth-order valence-corrected chi connectivity index (χ4v) is 1.50. The fraction of sp³-hybridized carbons (Fsp3) is 0.154. The highest BCUT2D eigenvalue weighted by atomic mass is 14.9. The minimum Gasteiger partial charge on any atom is -0.399 e. The van der Waals surface area contributed by atoms with Crippen molar-refractivity contribution in [1.29, 1.82) is 0 Å². The number of anilines is 2. The zero-order chi connectivity index (χ0) is 11.4. The Kier molecular flexibility index (Phi) is 3.05. The lowest BCUT2D eigenvalue weighted by Gasteiger charge is -2.08. The van der Waals surface area contributed by atoms with Gasteiger partial charge in [0.15, 0.2) is 0 Å². The summed E-state index contributed by atoms with van der Waals surface area (Å²) in [6.45, 7) is 2.84. The van der Waals surface area contributed by atoms with Crippen molar-refractivity contribution in [3.05, 3.63) is 53.9 Å². The van der Waals surface area contributed by atoms with Gasteiger partial charge in [-0.1, -0.05) is 12.1 Å². The van der Waals surface area contributed by atoms with Crippen LogP contribution in [-0.2, 0) is 6.54 Å². The summed E-state index contributed by atoms with van der Waals surface area (Å²) in [7, 11) is 0. The molecule has 2 rings (SSSR count). The van der Waals surface area contributed by atoms with Gasteiger partial charge in [0.25, 0.3) is 0 Å². The normalized spacial score (nSPS) is 10.1. The lowest BCUT2D eigenvalue weighted by atomic mass is 10.2. The Morgan fingerprint density at radius 2 is 1.94 bits per heavy atom. The second-order valence-corrected chi connectivity index (χ2v) is 3.79. The number of benzene rings is 1. The zero-order valence-electron chi connectivity index (χ0n) is 9.27. The van der Waals surface area contributed by atoms with Crippen molar-refractivity contribution in [3.8, 4) is 0 Å². The van der Waals surface area contributed by atoms with E-state index < -0.39 is 0 Å². The molecule has 0 bridgehead atoms. The van der Waals surface area contributed by atoms with Crippen LogP contribution in [0, 0.1) is 6.92 Å². The Morgan fingerprint density at radius 1 is 1.19 bits per heavy atom. The van der Waals surface area contributed by atoms with E-state index in [2.05, 4.69) is 10.3 Å². The molecule has 0 spiro atoms. The Hall–Kier alpha value is -2.03. The molecule has 2 aromatic rings. The summed E-state index contributed by atoms with van der Waals surface area (Å²) < 4.78 is 0. The molecule has 3 nitrogen and oxygen atoms in total. The lowest BCUT2D eigenvalue weighted by molar-refractivity contribution is 1.13. The van der Waals surface area contributed by atoms with Crippen molar-refractivity contribution in [3.63, 3.8) is 0 Å². The largest absolute Gasteiger partial charge is 0.399 e. The molecule has 0 unspecified atom stereocenters. The molecule has 1 aromatic heterocycles. The van der Waals surface area contributed by atoms with Crippen LogP contribution in [0.3, 0.4) is 0 Å². The van der Waals surface area contributed by atoms with E-state index in [-0.39, 0.29) is 0 Å². The van der Waals surface area contributed by atoms with Gasteiger partial charge in [-0.3, -0.25) is 4.98 Å². The quantitative estimate of drug-likeness (QED) is 0.770. The van der Waals surface area contributed by atoms with Gasteiger partial charge in [-0.2, -0.15) is 0 Å². The second kappa shape index (κ2) is 4.66. The van der Waals surface area contributed by atoms with E-state index in [1.807, 2.05) is 43.5 Å². The van der Waals surface area contributed by atoms with E-state index in [4.69, 9.17) is 5.73 Å². The second-order valence-electron chi connectivity index (χ2n) is 3.79. The minimum absolute atomic E-state index is 0.795. The molecule has 1 heterocycles. The van der Waals surface area contributed by atoms with Gasteiger partial charge in [0.05, 0.1) is 0 Å². The van der Waals surface area contributed by atoms with Crippen molar-refractivity contribution in [1.82, 2.24) is 4.98 Å². The number of hydrogen-bond donors (Lipinski definition) is 2. The van der Waals surface area contributed by atoms with Gasteiger partial charge in [0.2, 0.25) is 0 Å². The first-order valence-corrected chi connectivity index (χ1v) is 5.24. The molecule has 0 aliphatic rings. The summed E-state index contributed by atoms with van der Waals surface area (Å²) in [4.78, 5) is 4.05. The van der Waals surface area contributed by atoms with E-state index >= 15 is 0 Å². The third kappa shape index (κ3) is 2.51. The molecule has 0 radical (unpaired) electrons. The van der Waals surface area contributed by atoms with Gasteiger partial charge in [0, 0.05) is 30.3 Å². The number of nitrogens with two attached hydrogens (primary N) is 1. The SMILES string of the molecule is Cc1cnccc1NCc1ccc(N)cc1. The van der Waals surface area contributed by atoms with Crippen LogP contribution in [0.5, 0.6) is 0 Å². The molecule has 0 saturated carbocycles. The van der Waals surface area contributed by atoms with Gasteiger partial charge in [-0.25, -0.2) is 0 Å². The number of hydrogen-bond acceptors (Lipinski definition) is 3. The number of aryl methyl sites for hydroxylation is 1. The maximum Gasteiger partial charge on any atom is 0.0403 e. The fourth-order valence-electron chi connectivity index (χ4n) is 1.50. The highest BCUT2D eigenvalue weighted by Crippen LogP contribution is 2.13. The Morgan fingerprint density at radius 3 is 2.62 bits per heavy atom. The highest BCUT2D eigenvalue weighted by Gasteiger charge is 1.97. The molecule has 0 fully saturated rings. The topological polar surface area (TPSA) is 50.9 Å². The molecule has 0 aliphatic heterocycles. The maximum atomic E-state index is 5.63. The van der Waals surface area contributed by atoms with Crippen LogP contribution in [0.25, 0.3) is 0 Å². The first kappa shape index (κ1) is 10.5. The van der Waals surface area contributed by atoms with E-state index in [1.165, 1.54) is 5.56 Å². The summed E-state index contributed by atoms with van der Waals surface area (Å²) in [6, 6.07) is 9.86. The Bertz CT molecular complexity index is 463. The van der Waals surface area contributed by atoms with Crippen LogP contribution in [0.1, 0.15) is 11.1 Å². The first-order chi connectivity index (χ1) is 7.75. The predicted octanol–water partition coefficient (Wildman–Crippen LogP) is 2.58. The molecule has 0 atom stereocenters. The van der Waals surface area contributed by atoms with Crippen molar-refractivity contribution in [2.24, 2.45) is 0 Å². The monoisotopic (exact) mass is 213 g/mol. The van der Waals surface area contributed by atoms with Crippen LogP contribution < -0.4 is 11.1 Å². The van der Waals surface area contributed by atoms with E-state index in [1.54, 1.807) is 6.20 Å². The van der Waals surface area contributed by atoms with Crippen LogP contribution in [0.2, 0.25) is 0 Å². The third-order valence-corrected chi connectivity index (χ3v) is 2.48. The molecule has 82 valence electrons. The van der Waals surface area contributed by atoms with Crippen LogP contribution in [0.15, 0.2) is 42.7 Å². The van der Waals surface area contributed by atoms with Crippen molar-refractivity contribution >= 4 is 11.4 Å². The third-order valence-electron chi connectivity index (χ3n) is 2.48. The minimum atomic E-state index is 0.795. The molecule has 16 heavy (non-hydrogen) atoms. The van der Waals surface area contributed by atoms with Crippen molar-refractivity contribution in [2.75, 3.05) is 11.1 Å². The summed E-state index contributed by atoms with van der Waals surface area (Å²) in [5, 5.41) is 3.37. The molecule has 0 saturated heterocycles. The van der Waals surface area contributed by atoms with Gasteiger partial charge >= 0.3 is 0 Å². The predicted molar refractivity (Wildman–Crippen MR) is 67.2 cm³/mol. The molecule has 3 N–H and O–H groups in total. The molecule has 1 aromatic carbocycles. The summed E-state index contributed by atoms with van der Waals surface area (Å²) in [5.74, 6) is 0. The van der Waals surface area contributed by atoms with Crippen LogP contribution in [-0.4, -0.2) is 4.98 Å². The number of nitrogens with zero attached hydrogens (tertiary/aromatic N) is 1. The van der Waals surface area contributed by atoms with Crippen LogP contribution in [0.4, 0.5) is 11.4 Å². The van der Waals surface area contributed by atoms with Gasteiger partial charge in [-0.15, -0.1) is 0 Å². The number of nitrogen functional groups attached to an aromatic ring is 1. The molecule has 0 aliphatic carbocycles. The van der Waals surface area contributed by atoms with Crippen molar-refractivity contribution < 1.29 is 0 Å². The summed E-state index contributed by atoms with van der Waals surface area (Å²) in [6.07, 6.45) is 3.64. The zero-order valence-corrected chi connectivity index (χ0v) is 9.27. The Balaban J connectivity index is 2.02. The lowest BCUT2D eigenvalue weighted by Crippen LogP contribution is -2.01. The molecule has 3 heteroatoms. The van der Waals surface area contributed by atoms with Crippen LogP contribution >= 0.6 is 0 Å². The number of rotatable bonds is 3. The van der Waals surface area contributed by atoms with E-state index in [0.717, 1.165) is 23.5 Å². The van der Waals surface area contributed by atoms with E-state index in [9.17, 15) is 0 Å². The van der Waals surface area contributed by atoms with Gasteiger partial charge < -0.3 is 11.1 Å². The smallest absolute Gasteiger partial charge is 0.0403 e. The summed E-state index contributed by atoms with van der Waals surface area (Å²) in [5.41, 5.74) is 9.91. The maximum absolute atomic E-state index is 5.63. The number of pyridine rings is 1. The number of aromatic nitrogens is 1. The first-order valence-electron chi connectivity index (χ1n) is 5.24.